The van der Waals surface area contributed by atoms with Crippen molar-refractivity contribution in [3.63, 3.8) is 0 Å². The van der Waals surface area contributed by atoms with Crippen LogP contribution in [0.25, 0.3) is 0 Å². The maximum absolute atomic E-state index is 11.5. The van der Waals surface area contributed by atoms with Gasteiger partial charge in [-0.15, -0.1) is 0 Å². The maximum Gasteiger partial charge on any atom is 0.324 e. The molecule has 0 unspecified atom stereocenters. The lowest BCUT2D eigenvalue weighted by Gasteiger charge is -2.37. The maximum atomic E-state index is 11.5. The molecule has 0 saturated carbocycles. The largest absolute Gasteiger partial charge is 0.389 e. The average Bonchev–Trinajstić information content (AvgIpc) is 2.67. The fourth-order valence-corrected chi connectivity index (χ4v) is 2.64. The lowest BCUT2D eigenvalue weighted by molar-refractivity contribution is -0.125. The van der Waals surface area contributed by atoms with E-state index in [0.717, 1.165) is 32.7 Å². The molecule has 0 spiro atoms. The van der Waals surface area contributed by atoms with E-state index < -0.39 is 5.60 Å². The van der Waals surface area contributed by atoms with Crippen molar-refractivity contribution in [2.75, 3.05) is 52.4 Å². The molecule has 2 aliphatic rings. The lowest BCUT2D eigenvalue weighted by atomic mass is 10.1. The number of carbonyl (C=O) groups is 2. The van der Waals surface area contributed by atoms with Gasteiger partial charge in [0.05, 0.1) is 12.1 Å². The molecule has 2 aliphatic heterocycles. The van der Waals surface area contributed by atoms with Crippen LogP contribution >= 0.6 is 0 Å². The third kappa shape index (κ3) is 4.16. The predicted octanol–water partition coefficient (Wildman–Crippen LogP) is -1.07. The first kappa shape index (κ1) is 15.2. The van der Waals surface area contributed by atoms with Crippen LogP contribution in [0.4, 0.5) is 4.79 Å². The minimum Gasteiger partial charge on any atom is -0.389 e. The molecule has 0 bridgehead atoms. The highest BCUT2D eigenvalue weighted by atomic mass is 16.3. The van der Waals surface area contributed by atoms with Gasteiger partial charge in [-0.05, 0) is 13.8 Å². The molecule has 2 rings (SSSR count). The smallest absolute Gasteiger partial charge is 0.324 e. The quantitative estimate of drug-likeness (QED) is 0.629. The number of piperazine rings is 1. The van der Waals surface area contributed by atoms with Gasteiger partial charge in [0.1, 0.15) is 0 Å². The van der Waals surface area contributed by atoms with Gasteiger partial charge in [0.2, 0.25) is 5.91 Å². The number of β-amino-alcohol motifs (C(OH)–C–C–N with tert-alkyl or cyclic N) is 1. The van der Waals surface area contributed by atoms with Crippen LogP contribution in [-0.4, -0.2) is 89.7 Å². The molecule has 2 heterocycles. The minimum absolute atomic E-state index is 0.123. The summed E-state index contributed by atoms with van der Waals surface area (Å²) in [5.41, 5.74) is -0.664. The van der Waals surface area contributed by atoms with E-state index in [0.29, 0.717) is 13.1 Å². The number of aliphatic hydroxyl groups is 1. The average molecular weight is 284 g/mol. The second kappa shape index (κ2) is 6.07. The molecule has 7 nitrogen and oxygen atoms in total. The molecule has 0 atom stereocenters. The summed E-state index contributed by atoms with van der Waals surface area (Å²) in [6, 6.07) is -0.282. The minimum atomic E-state index is -0.664. The zero-order chi connectivity index (χ0) is 14.8. The Balaban J connectivity index is 1.70. The highest BCUT2D eigenvalue weighted by Crippen LogP contribution is 2.09. The van der Waals surface area contributed by atoms with Crippen LogP contribution in [0, 0.1) is 0 Å². The van der Waals surface area contributed by atoms with Crippen molar-refractivity contribution in [1.29, 1.82) is 0 Å². The third-order valence-corrected chi connectivity index (χ3v) is 3.65. The summed E-state index contributed by atoms with van der Waals surface area (Å²) in [7, 11) is 0. The van der Waals surface area contributed by atoms with E-state index >= 15 is 0 Å². The number of amides is 3. The SMILES string of the molecule is CC(C)(O)CN1CCN(CCN2C(=O)CNC2=O)CC1. The molecule has 114 valence electrons. The first-order valence-corrected chi connectivity index (χ1v) is 7.10. The van der Waals surface area contributed by atoms with Crippen molar-refractivity contribution in [2.45, 2.75) is 19.4 Å². The van der Waals surface area contributed by atoms with Crippen LogP contribution in [0.5, 0.6) is 0 Å². The van der Waals surface area contributed by atoms with Gasteiger partial charge in [-0.2, -0.15) is 0 Å². The Hall–Kier alpha value is -1.18. The van der Waals surface area contributed by atoms with Crippen LogP contribution in [0.1, 0.15) is 13.8 Å². The van der Waals surface area contributed by atoms with Crippen molar-refractivity contribution in [3.8, 4) is 0 Å². The number of carbonyl (C=O) groups excluding carboxylic acids is 2. The number of nitrogens with one attached hydrogen (secondary N) is 1. The van der Waals surface area contributed by atoms with Gasteiger partial charge in [0.25, 0.3) is 0 Å². The van der Waals surface area contributed by atoms with Gasteiger partial charge in [0, 0.05) is 45.8 Å². The molecular formula is C13H24N4O3. The molecule has 7 heteroatoms. The summed E-state index contributed by atoms with van der Waals surface area (Å²) >= 11 is 0. The molecular weight excluding hydrogens is 260 g/mol. The molecule has 2 N–H and O–H groups in total. The van der Waals surface area contributed by atoms with Gasteiger partial charge in [-0.3, -0.25) is 19.5 Å². The molecule has 2 saturated heterocycles. The van der Waals surface area contributed by atoms with E-state index in [-0.39, 0.29) is 18.5 Å². The molecule has 0 aromatic carbocycles. The summed E-state index contributed by atoms with van der Waals surface area (Å²) in [5.74, 6) is -0.143. The standard InChI is InChI=1S/C13H24N4O3/c1-13(2,20)10-16-5-3-15(4-6-16)7-8-17-11(18)9-14-12(17)19/h20H,3-10H2,1-2H3,(H,14,19). The highest BCUT2D eigenvalue weighted by molar-refractivity contribution is 6.01. The van der Waals surface area contributed by atoms with E-state index in [1.54, 1.807) is 0 Å². The molecule has 0 aromatic rings. The fourth-order valence-electron chi connectivity index (χ4n) is 2.64. The Morgan fingerprint density at radius 3 is 2.20 bits per heavy atom. The van der Waals surface area contributed by atoms with Crippen molar-refractivity contribution >= 4 is 11.9 Å². The first-order chi connectivity index (χ1) is 9.35. The van der Waals surface area contributed by atoms with Crippen LogP contribution in [0.15, 0.2) is 0 Å². The molecule has 0 radical (unpaired) electrons. The summed E-state index contributed by atoms with van der Waals surface area (Å²) in [4.78, 5) is 28.6. The molecule has 0 aromatic heterocycles. The van der Waals surface area contributed by atoms with Crippen LogP contribution < -0.4 is 5.32 Å². The summed E-state index contributed by atoms with van der Waals surface area (Å²) < 4.78 is 0. The Labute approximate surface area is 119 Å². The number of hydrogen-bond donors (Lipinski definition) is 2. The van der Waals surface area contributed by atoms with Gasteiger partial charge >= 0.3 is 6.03 Å². The zero-order valence-electron chi connectivity index (χ0n) is 12.3. The van der Waals surface area contributed by atoms with Gasteiger partial charge in [0.15, 0.2) is 0 Å². The Bertz CT molecular complexity index is 356. The van der Waals surface area contributed by atoms with Crippen molar-refractivity contribution in [1.82, 2.24) is 20.0 Å². The summed E-state index contributed by atoms with van der Waals surface area (Å²) in [5, 5.41) is 12.3. The van der Waals surface area contributed by atoms with Crippen LogP contribution in [-0.2, 0) is 4.79 Å². The predicted molar refractivity (Wildman–Crippen MR) is 74.3 cm³/mol. The second-order valence-corrected chi connectivity index (χ2v) is 6.13. The van der Waals surface area contributed by atoms with Crippen molar-refractivity contribution in [3.05, 3.63) is 0 Å². The highest BCUT2D eigenvalue weighted by Gasteiger charge is 2.29. The summed E-state index contributed by atoms with van der Waals surface area (Å²) in [6.45, 7) is 9.22. The Kier molecular flexibility index (Phi) is 4.62. The van der Waals surface area contributed by atoms with E-state index in [9.17, 15) is 14.7 Å². The van der Waals surface area contributed by atoms with Crippen molar-refractivity contribution in [2.24, 2.45) is 0 Å². The van der Waals surface area contributed by atoms with Gasteiger partial charge in [-0.25, -0.2) is 4.79 Å². The van der Waals surface area contributed by atoms with Crippen LogP contribution in [0.3, 0.4) is 0 Å². The number of hydrogen-bond acceptors (Lipinski definition) is 5. The fraction of sp³-hybridized carbons (Fsp3) is 0.846. The molecule has 0 aliphatic carbocycles. The number of rotatable bonds is 5. The number of urea groups is 1. The third-order valence-electron chi connectivity index (χ3n) is 3.65. The van der Waals surface area contributed by atoms with E-state index in [2.05, 4.69) is 15.1 Å². The van der Waals surface area contributed by atoms with Gasteiger partial charge < -0.3 is 10.4 Å². The van der Waals surface area contributed by atoms with E-state index in [1.165, 1.54) is 4.90 Å². The molecule has 3 amide bonds. The van der Waals surface area contributed by atoms with E-state index in [4.69, 9.17) is 0 Å². The van der Waals surface area contributed by atoms with E-state index in [1.807, 2.05) is 13.8 Å². The van der Waals surface area contributed by atoms with Crippen LogP contribution in [0.2, 0.25) is 0 Å². The topological polar surface area (TPSA) is 76.1 Å². The monoisotopic (exact) mass is 284 g/mol. The Morgan fingerprint density at radius 1 is 1.10 bits per heavy atom. The van der Waals surface area contributed by atoms with Gasteiger partial charge in [-0.1, -0.05) is 0 Å². The number of nitrogens with zero attached hydrogens (tertiary/aromatic N) is 3. The second-order valence-electron chi connectivity index (χ2n) is 6.13. The molecule has 2 fully saturated rings. The summed E-state index contributed by atoms with van der Waals surface area (Å²) in [6.07, 6.45) is 0. The normalized spacial score (nSPS) is 22.4. The van der Waals surface area contributed by atoms with Crippen molar-refractivity contribution < 1.29 is 14.7 Å². The number of imide groups is 1. The Morgan fingerprint density at radius 2 is 1.70 bits per heavy atom. The lowest BCUT2D eigenvalue weighted by Crippen LogP contribution is -2.52. The first-order valence-electron chi connectivity index (χ1n) is 7.10. The zero-order valence-corrected chi connectivity index (χ0v) is 12.3. The molecule has 20 heavy (non-hydrogen) atoms.